The summed E-state index contributed by atoms with van der Waals surface area (Å²) >= 11 is 1.46. The van der Waals surface area contributed by atoms with Gasteiger partial charge in [0.25, 0.3) is 0 Å². The van der Waals surface area contributed by atoms with E-state index in [9.17, 15) is 4.79 Å². The second kappa shape index (κ2) is 4.01. The summed E-state index contributed by atoms with van der Waals surface area (Å²) in [5.74, 6) is -0.133. The molecule has 1 amide bonds. The summed E-state index contributed by atoms with van der Waals surface area (Å²) in [5, 5.41) is 3.29. The lowest BCUT2D eigenvalue weighted by Crippen LogP contribution is -2.06. The highest BCUT2D eigenvalue weighted by Gasteiger charge is 2.00. The molecule has 0 fully saturated rings. The van der Waals surface area contributed by atoms with Gasteiger partial charge in [-0.25, -0.2) is 4.98 Å². The van der Waals surface area contributed by atoms with Gasteiger partial charge in [0, 0.05) is 11.1 Å². The first-order chi connectivity index (χ1) is 5.72. The predicted octanol–water partition coefficient (Wildman–Crippen LogP) is 1.97. The number of hydrogen-bond donors (Lipinski definition) is 1. The number of aryl methyl sites for hydroxylation is 1. The average Bonchev–Trinajstić information content (AvgIpc) is 2.36. The van der Waals surface area contributed by atoms with E-state index in [1.165, 1.54) is 17.4 Å². The lowest BCUT2D eigenvalue weighted by Gasteiger charge is -1.93. The highest BCUT2D eigenvalue weighted by molar-refractivity contribution is 7.15. The molecule has 0 unspecified atom stereocenters. The Morgan fingerprint density at radius 2 is 2.50 bits per heavy atom. The van der Waals surface area contributed by atoms with Crippen LogP contribution in [0.3, 0.4) is 0 Å². The Labute approximate surface area is 75.1 Å². The van der Waals surface area contributed by atoms with E-state index < -0.39 is 0 Å². The number of anilines is 1. The fraction of sp³-hybridized carbons (Fsp3) is 0.250. The molecule has 0 saturated carbocycles. The molecule has 3 nitrogen and oxygen atoms in total. The molecule has 0 aliphatic carbocycles. The van der Waals surface area contributed by atoms with Crippen molar-refractivity contribution in [1.82, 2.24) is 4.98 Å². The highest BCUT2D eigenvalue weighted by atomic mass is 32.1. The molecular formula is C8H10N2OS. The van der Waals surface area contributed by atoms with Crippen LogP contribution in [-0.4, -0.2) is 10.9 Å². The van der Waals surface area contributed by atoms with Gasteiger partial charge in [0.2, 0.25) is 5.91 Å². The largest absolute Gasteiger partial charge is 0.298 e. The molecule has 64 valence electrons. The summed E-state index contributed by atoms with van der Waals surface area (Å²) in [5.41, 5.74) is 0. The Hall–Kier alpha value is -1.16. The van der Waals surface area contributed by atoms with E-state index in [2.05, 4.69) is 10.3 Å². The lowest BCUT2D eigenvalue weighted by atomic mass is 10.5. The maximum absolute atomic E-state index is 11.0. The third-order valence-corrected chi connectivity index (χ3v) is 2.00. The maximum Gasteiger partial charge on any atom is 0.249 e. The first kappa shape index (κ1) is 8.93. The van der Waals surface area contributed by atoms with Crippen LogP contribution in [0.4, 0.5) is 5.13 Å². The van der Waals surface area contributed by atoms with Gasteiger partial charge in [0.15, 0.2) is 5.13 Å². The zero-order valence-electron chi connectivity index (χ0n) is 7.00. The molecule has 4 heteroatoms. The van der Waals surface area contributed by atoms with Crippen molar-refractivity contribution < 1.29 is 4.79 Å². The Morgan fingerprint density at radius 1 is 1.75 bits per heavy atom. The minimum Gasteiger partial charge on any atom is -0.298 e. The smallest absolute Gasteiger partial charge is 0.249 e. The number of rotatable bonds is 2. The van der Waals surface area contributed by atoms with Gasteiger partial charge < -0.3 is 0 Å². The summed E-state index contributed by atoms with van der Waals surface area (Å²) in [6.07, 6.45) is 4.89. The van der Waals surface area contributed by atoms with Gasteiger partial charge in [-0.05, 0) is 19.9 Å². The van der Waals surface area contributed by atoms with Gasteiger partial charge >= 0.3 is 0 Å². The Balaban J connectivity index is 2.58. The van der Waals surface area contributed by atoms with E-state index >= 15 is 0 Å². The summed E-state index contributed by atoms with van der Waals surface area (Å²) in [7, 11) is 0. The van der Waals surface area contributed by atoms with Crippen LogP contribution >= 0.6 is 11.3 Å². The van der Waals surface area contributed by atoms with Gasteiger partial charge in [0.1, 0.15) is 0 Å². The number of carbonyl (C=O) groups is 1. The summed E-state index contributed by atoms with van der Waals surface area (Å²) in [4.78, 5) is 16.1. The second-order valence-electron chi connectivity index (χ2n) is 2.27. The van der Waals surface area contributed by atoms with Crippen molar-refractivity contribution in [2.45, 2.75) is 13.8 Å². The topological polar surface area (TPSA) is 42.0 Å². The normalized spacial score (nSPS) is 10.5. The minimum atomic E-state index is -0.133. The standard InChI is InChI=1S/C8H10N2OS/c1-3-4-7(11)10-8-9-5-6(2)12-8/h3-5H,1-2H3,(H,9,10,11). The van der Waals surface area contributed by atoms with Crippen molar-refractivity contribution >= 4 is 22.4 Å². The Bertz CT molecular complexity index is 304. The molecule has 0 radical (unpaired) electrons. The SMILES string of the molecule is CC=CC(=O)Nc1ncc(C)s1. The summed E-state index contributed by atoms with van der Waals surface area (Å²) < 4.78 is 0. The van der Waals surface area contributed by atoms with E-state index in [1.807, 2.05) is 6.92 Å². The van der Waals surface area contributed by atoms with Crippen molar-refractivity contribution in [3.63, 3.8) is 0 Å². The van der Waals surface area contributed by atoms with Gasteiger partial charge in [0.05, 0.1) is 0 Å². The van der Waals surface area contributed by atoms with E-state index in [-0.39, 0.29) is 5.91 Å². The molecule has 0 aliphatic rings. The predicted molar refractivity (Wildman–Crippen MR) is 50.3 cm³/mol. The Morgan fingerprint density at radius 3 is 3.00 bits per heavy atom. The second-order valence-corrected chi connectivity index (χ2v) is 3.50. The number of thiazole rings is 1. The number of nitrogens with one attached hydrogen (secondary N) is 1. The van der Waals surface area contributed by atoms with Crippen LogP contribution in [0, 0.1) is 6.92 Å². The van der Waals surface area contributed by atoms with Gasteiger partial charge in [-0.2, -0.15) is 0 Å². The van der Waals surface area contributed by atoms with E-state index in [1.54, 1.807) is 19.2 Å². The molecule has 0 saturated heterocycles. The third kappa shape index (κ3) is 2.47. The molecule has 0 aliphatic heterocycles. The molecule has 1 heterocycles. The van der Waals surface area contributed by atoms with Crippen molar-refractivity contribution in [2.75, 3.05) is 5.32 Å². The van der Waals surface area contributed by atoms with Gasteiger partial charge in [-0.1, -0.05) is 6.08 Å². The molecular weight excluding hydrogens is 172 g/mol. The fourth-order valence-corrected chi connectivity index (χ4v) is 1.38. The molecule has 1 rings (SSSR count). The van der Waals surface area contributed by atoms with Gasteiger partial charge in [-0.3, -0.25) is 10.1 Å². The van der Waals surface area contributed by atoms with Crippen LogP contribution in [0.1, 0.15) is 11.8 Å². The van der Waals surface area contributed by atoms with Gasteiger partial charge in [-0.15, -0.1) is 11.3 Å². The lowest BCUT2D eigenvalue weighted by molar-refractivity contribution is -0.111. The fourth-order valence-electron chi connectivity index (χ4n) is 0.711. The quantitative estimate of drug-likeness (QED) is 0.710. The molecule has 1 aromatic rings. The molecule has 0 atom stereocenters. The van der Waals surface area contributed by atoms with Crippen molar-refractivity contribution in [3.8, 4) is 0 Å². The molecule has 12 heavy (non-hydrogen) atoms. The van der Waals surface area contributed by atoms with Crippen LogP contribution in [0.15, 0.2) is 18.3 Å². The number of nitrogens with zero attached hydrogens (tertiary/aromatic N) is 1. The molecule has 0 spiro atoms. The monoisotopic (exact) mass is 182 g/mol. The first-order valence-corrected chi connectivity index (χ1v) is 4.40. The van der Waals surface area contributed by atoms with Crippen LogP contribution in [-0.2, 0) is 4.79 Å². The molecule has 1 N–H and O–H groups in total. The highest BCUT2D eigenvalue weighted by Crippen LogP contribution is 2.15. The van der Waals surface area contributed by atoms with E-state index in [4.69, 9.17) is 0 Å². The van der Waals surface area contributed by atoms with Crippen molar-refractivity contribution in [3.05, 3.63) is 23.2 Å². The third-order valence-electron chi connectivity index (χ3n) is 1.17. The maximum atomic E-state index is 11.0. The van der Waals surface area contributed by atoms with Crippen LogP contribution in [0.25, 0.3) is 0 Å². The zero-order chi connectivity index (χ0) is 8.97. The molecule has 0 bridgehead atoms. The van der Waals surface area contributed by atoms with E-state index in [0.717, 1.165) is 4.88 Å². The summed E-state index contributed by atoms with van der Waals surface area (Å²) in [6.45, 7) is 3.75. The number of allylic oxidation sites excluding steroid dienone is 1. The average molecular weight is 182 g/mol. The van der Waals surface area contributed by atoms with E-state index in [0.29, 0.717) is 5.13 Å². The van der Waals surface area contributed by atoms with Crippen LogP contribution in [0.2, 0.25) is 0 Å². The Kier molecular flexibility index (Phi) is 2.99. The number of amides is 1. The molecule has 0 aromatic carbocycles. The van der Waals surface area contributed by atoms with Crippen molar-refractivity contribution in [1.29, 1.82) is 0 Å². The number of hydrogen-bond acceptors (Lipinski definition) is 3. The number of aromatic nitrogens is 1. The zero-order valence-corrected chi connectivity index (χ0v) is 7.81. The van der Waals surface area contributed by atoms with Crippen LogP contribution < -0.4 is 5.32 Å². The summed E-state index contributed by atoms with van der Waals surface area (Å²) in [6, 6.07) is 0. The number of carbonyl (C=O) groups excluding carboxylic acids is 1. The first-order valence-electron chi connectivity index (χ1n) is 3.58. The minimum absolute atomic E-state index is 0.133. The van der Waals surface area contributed by atoms with Crippen LogP contribution in [0.5, 0.6) is 0 Å². The van der Waals surface area contributed by atoms with Crippen molar-refractivity contribution in [2.24, 2.45) is 0 Å². The molecule has 1 aromatic heterocycles.